The minimum atomic E-state index is -4.41. The number of fused-ring (bicyclic) bond motifs is 1. The second kappa shape index (κ2) is 6.76. The summed E-state index contributed by atoms with van der Waals surface area (Å²) in [5.74, 6) is 0.973. The molecule has 24 heavy (non-hydrogen) atoms. The first-order chi connectivity index (χ1) is 11.4. The highest BCUT2D eigenvalue weighted by Crippen LogP contribution is 2.36. The van der Waals surface area contributed by atoms with Crippen molar-refractivity contribution in [2.24, 2.45) is 0 Å². The van der Waals surface area contributed by atoms with Crippen molar-refractivity contribution in [1.29, 1.82) is 0 Å². The monoisotopic (exact) mass is 352 g/mol. The van der Waals surface area contributed by atoms with Crippen LogP contribution < -0.4 is 10.6 Å². The fourth-order valence-electron chi connectivity index (χ4n) is 2.41. The number of hydrogen-bond acceptors (Lipinski definition) is 3. The number of nitrogens with one attached hydrogen (secondary N) is 2. The summed E-state index contributed by atoms with van der Waals surface area (Å²) in [6.07, 6.45) is -4.41. The molecule has 2 N–H and O–H groups in total. The molecule has 3 rings (SSSR count). The topological polar surface area (TPSA) is 41.1 Å². The fourth-order valence-corrected chi connectivity index (χ4v) is 3.42. The van der Waals surface area contributed by atoms with Gasteiger partial charge in [-0.15, -0.1) is 0 Å². The van der Waals surface area contributed by atoms with Gasteiger partial charge in [0, 0.05) is 11.5 Å². The first kappa shape index (κ1) is 16.7. The third-order valence-corrected chi connectivity index (χ3v) is 4.75. The summed E-state index contributed by atoms with van der Waals surface area (Å²) < 4.78 is 38.4. The first-order valence-corrected chi connectivity index (χ1v) is 8.49. The number of rotatable bonds is 4. The number of carbonyl (C=O) groups is 1. The van der Waals surface area contributed by atoms with Gasteiger partial charge in [-0.25, -0.2) is 0 Å². The lowest BCUT2D eigenvalue weighted by atomic mass is 10.1. The number of anilines is 2. The van der Waals surface area contributed by atoms with Gasteiger partial charge >= 0.3 is 6.18 Å². The molecular weight excluding hydrogens is 337 g/mol. The number of alkyl halides is 3. The molecule has 1 unspecified atom stereocenters. The predicted octanol–water partition coefficient (Wildman–Crippen LogP) is 4.37. The van der Waals surface area contributed by atoms with E-state index >= 15 is 0 Å². The Labute approximate surface area is 141 Å². The predicted molar refractivity (Wildman–Crippen MR) is 90.1 cm³/mol. The summed E-state index contributed by atoms with van der Waals surface area (Å²) in [4.78, 5) is 12.1. The zero-order valence-electron chi connectivity index (χ0n) is 12.6. The van der Waals surface area contributed by atoms with Gasteiger partial charge < -0.3 is 10.6 Å². The SMILES string of the molecule is O=C1Nc2ccc(C(F)(F)F)cc2NC1CSCc1ccccc1. The molecule has 2 aromatic carbocycles. The second-order valence-corrected chi connectivity index (χ2v) is 6.48. The van der Waals surface area contributed by atoms with Crippen LogP contribution in [0.1, 0.15) is 11.1 Å². The van der Waals surface area contributed by atoms with Crippen molar-refractivity contribution in [1.82, 2.24) is 0 Å². The molecule has 0 fully saturated rings. The second-order valence-electron chi connectivity index (χ2n) is 5.45. The maximum absolute atomic E-state index is 12.8. The Kier molecular flexibility index (Phi) is 4.71. The van der Waals surface area contributed by atoms with Crippen molar-refractivity contribution in [3.8, 4) is 0 Å². The van der Waals surface area contributed by atoms with Gasteiger partial charge in [0.15, 0.2) is 0 Å². The fraction of sp³-hybridized carbons (Fsp3) is 0.235. The molecule has 2 aromatic rings. The third-order valence-electron chi connectivity index (χ3n) is 3.65. The summed E-state index contributed by atoms with van der Waals surface area (Å²) in [5.41, 5.74) is 1.08. The highest BCUT2D eigenvalue weighted by atomic mass is 32.2. The highest BCUT2D eigenvalue weighted by Gasteiger charge is 2.33. The minimum absolute atomic E-state index is 0.233. The summed E-state index contributed by atoms with van der Waals surface area (Å²) in [5, 5.41) is 5.57. The number of benzene rings is 2. The molecule has 0 radical (unpaired) electrons. The van der Waals surface area contributed by atoms with Crippen molar-refractivity contribution >= 4 is 29.0 Å². The Morgan fingerprint density at radius 2 is 1.79 bits per heavy atom. The van der Waals surface area contributed by atoms with Gasteiger partial charge in [0.05, 0.1) is 16.9 Å². The van der Waals surface area contributed by atoms with Crippen molar-refractivity contribution in [3.05, 3.63) is 59.7 Å². The van der Waals surface area contributed by atoms with Crippen LogP contribution in [0.25, 0.3) is 0 Å². The molecule has 3 nitrogen and oxygen atoms in total. The maximum Gasteiger partial charge on any atom is 0.416 e. The Hall–Kier alpha value is -2.15. The molecule has 0 saturated carbocycles. The van der Waals surface area contributed by atoms with E-state index in [4.69, 9.17) is 0 Å². The zero-order valence-corrected chi connectivity index (χ0v) is 13.4. The van der Waals surface area contributed by atoms with Crippen molar-refractivity contribution in [2.45, 2.75) is 18.0 Å². The zero-order chi connectivity index (χ0) is 17.2. The lowest BCUT2D eigenvalue weighted by Crippen LogP contribution is -2.40. The number of thioether (sulfide) groups is 1. The molecule has 0 aliphatic carbocycles. The Balaban J connectivity index is 1.66. The summed E-state index contributed by atoms with van der Waals surface area (Å²) in [7, 11) is 0. The van der Waals surface area contributed by atoms with E-state index in [1.54, 1.807) is 11.8 Å². The molecule has 7 heteroatoms. The molecule has 0 bridgehead atoms. The van der Waals surface area contributed by atoms with Crippen LogP contribution in [-0.2, 0) is 16.7 Å². The van der Waals surface area contributed by atoms with Crippen LogP contribution in [0.15, 0.2) is 48.5 Å². The standard InChI is InChI=1S/C17H15F3N2OS/c18-17(19,20)12-6-7-13-14(8-12)21-15(16(23)22-13)10-24-9-11-4-2-1-3-5-11/h1-8,15,21H,9-10H2,(H,22,23). The lowest BCUT2D eigenvalue weighted by molar-refractivity contribution is -0.137. The van der Waals surface area contributed by atoms with Gasteiger partial charge in [-0.05, 0) is 23.8 Å². The Morgan fingerprint density at radius 1 is 1.04 bits per heavy atom. The van der Waals surface area contributed by atoms with E-state index in [1.165, 1.54) is 6.07 Å². The lowest BCUT2D eigenvalue weighted by Gasteiger charge is -2.27. The van der Waals surface area contributed by atoms with Gasteiger partial charge in [0.25, 0.3) is 0 Å². The van der Waals surface area contributed by atoms with Crippen LogP contribution in [-0.4, -0.2) is 17.7 Å². The molecule has 0 spiro atoms. The van der Waals surface area contributed by atoms with Gasteiger partial charge in [0.2, 0.25) is 5.91 Å². The van der Waals surface area contributed by atoms with Crippen LogP contribution in [0.4, 0.5) is 24.5 Å². The Bertz CT molecular complexity index is 734. The van der Waals surface area contributed by atoms with E-state index in [2.05, 4.69) is 10.6 Å². The molecule has 126 valence electrons. The summed E-state index contributed by atoms with van der Waals surface area (Å²) >= 11 is 1.56. The average Bonchev–Trinajstić information content (AvgIpc) is 2.55. The summed E-state index contributed by atoms with van der Waals surface area (Å²) in [6.45, 7) is 0. The molecule has 1 atom stereocenters. The number of carbonyl (C=O) groups excluding carboxylic acids is 1. The van der Waals surface area contributed by atoms with E-state index in [0.717, 1.165) is 23.4 Å². The normalized spacial score (nSPS) is 17.0. The Morgan fingerprint density at radius 3 is 2.50 bits per heavy atom. The van der Waals surface area contributed by atoms with E-state index in [0.29, 0.717) is 17.1 Å². The quantitative estimate of drug-likeness (QED) is 0.858. The van der Waals surface area contributed by atoms with Crippen molar-refractivity contribution in [2.75, 3.05) is 16.4 Å². The highest BCUT2D eigenvalue weighted by molar-refractivity contribution is 7.98. The van der Waals surface area contributed by atoms with Crippen LogP contribution in [0.3, 0.4) is 0 Å². The van der Waals surface area contributed by atoms with Crippen molar-refractivity contribution < 1.29 is 18.0 Å². The van der Waals surface area contributed by atoms with Crippen LogP contribution in [0.5, 0.6) is 0 Å². The number of hydrogen-bond donors (Lipinski definition) is 2. The van der Waals surface area contributed by atoms with E-state index in [9.17, 15) is 18.0 Å². The molecule has 1 heterocycles. The number of halogens is 3. The smallest absolute Gasteiger partial charge is 0.371 e. The van der Waals surface area contributed by atoms with Crippen molar-refractivity contribution in [3.63, 3.8) is 0 Å². The molecular formula is C17H15F3N2OS. The van der Waals surface area contributed by atoms with Gasteiger partial charge in [-0.3, -0.25) is 4.79 Å². The van der Waals surface area contributed by atoms with Gasteiger partial charge in [0.1, 0.15) is 6.04 Å². The molecule has 1 amide bonds. The average molecular weight is 352 g/mol. The largest absolute Gasteiger partial charge is 0.416 e. The molecule has 1 aliphatic heterocycles. The molecule has 1 aliphatic rings. The van der Waals surface area contributed by atoms with Crippen LogP contribution >= 0.6 is 11.8 Å². The minimum Gasteiger partial charge on any atom is -0.371 e. The van der Waals surface area contributed by atoms with Gasteiger partial charge in [-0.1, -0.05) is 30.3 Å². The van der Waals surface area contributed by atoms with E-state index < -0.39 is 17.8 Å². The number of amides is 1. The third kappa shape index (κ3) is 3.84. The van der Waals surface area contributed by atoms with E-state index in [1.807, 2.05) is 30.3 Å². The summed E-state index contributed by atoms with van der Waals surface area (Å²) in [6, 6.07) is 12.5. The van der Waals surface area contributed by atoms with E-state index in [-0.39, 0.29) is 5.91 Å². The van der Waals surface area contributed by atoms with Gasteiger partial charge in [-0.2, -0.15) is 24.9 Å². The van der Waals surface area contributed by atoms with Crippen LogP contribution in [0.2, 0.25) is 0 Å². The first-order valence-electron chi connectivity index (χ1n) is 7.34. The molecule has 0 aromatic heterocycles. The maximum atomic E-state index is 12.8. The van der Waals surface area contributed by atoms with Crippen LogP contribution in [0, 0.1) is 0 Å². The molecule has 0 saturated heterocycles.